The molecule has 0 bridgehead atoms. The summed E-state index contributed by atoms with van der Waals surface area (Å²) in [5.74, 6) is -0.00498. The topological polar surface area (TPSA) is 104 Å². The summed E-state index contributed by atoms with van der Waals surface area (Å²) in [6, 6.07) is 14.0. The second-order valence-electron chi connectivity index (χ2n) is 12.2. The number of fused-ring (bicyclic) bond motifs is 1. The number of piperazine rings is 1. The van der Waals surface area contributed by atoms with E-state index in [-0.39, 0.29) is 35.7 Å². The third kappa shape index (κ3) is 6.04. The van der Waals surface area contributed by atoms with Crippen molar-refractivity contribution in [2.45, 2.75) is 31.6 Å². The number of aromatic nitrogens is 3. The van der Waals surface area contributed by atoms with Crippen LogP contribution in [0.25, 0.3) is 16.6 Å². The van der Waals surface area contributed by atoms with Crippen molar-refractivity contribution in [2.24, 2.45) is 5.92 Å². The first kappa shape index (κ1) is 27.9. The van der Waals surface area contributed by atoms with Crippen LogP contribution in [0.15, 0.2) is 71.9 Å². The molecule has 1 atom stereocenters. The van der Waals surface area contributed by atoms with E-state index >= 15 is 4.39 Å². The Kier molecular flexibility index (Phi) is 7.68. The van der Waals surface area contributed by atoms with Crippen molar-refractivity contribution in [1.29, 1.82) is 0 Å². The summed E-state index contributed by atoms with van der Waals surface area (Å²) in [4.78, 5) is 52.6. The van der Waals surface area contributed by atoms with Crippen molar-refractivity contribution >= 4 is 34.2 Å². The highest BCUT2D eigenvalue weighted by Gasteiger charge is 2.30. The molecule has 232 valence electrons. The van der Waals surface area contributed by atoms with Gasteiger partial charge in [-0.15, -0.1) is 0 Å². The van der Waals surface area contributed by atoms with Crippen molar-refractivity contribution in [2.75, 3.05) is 55.6 Å². The van der Waals surface area contributed by atoms with Crippen LogP contribution in [0.3, 0.4) is 0 Å². The fourth-order valence-corrected chi connectivity index (χ4v) is 6.79. The van der Waals surface area contributed by atoms with E-state index in [0.29, 0.717) is 40.2 Å². The van der Waals surface area contributed by atoms with Gasteiger partial charge in [-0.3, -0.25) is 29.2 Å². The Morgan fingerprint density at radius 1 is 0.911 bits per heavy atom. The molecule has 1 unspecified atom stereocenters. The number of amides is 2. The van der Waals surface area contributed by atoms with Gasteiger partial charge in [-0.2, -0.15) is 0 Å². The number of carbonyl (C=O) groups is 2. The lowest BCUT2D eigenvalue weighted by molar-refractivity contribution is -0.134. The maximum atomic E-state index is 15.2. The summed E-state index contributed by atoms with van der Waals surface area (Å²) in [6.45, 7) is 6.18. The smallest absolute Gasteiger partial charge is 0.265 e. The SMILES string of the molecule is [2H]c1ccc2ncn(-c3ccc(N4CCN(CC5CCN(c6ccc(C7CCC(=O)NC7=O)cc6F)CC5)CC4)nc3)c(=O)c2c1. The van der Waals surface area contributed by atoms with Crippen LogP contribution in [0.5, 0.6) is 0 Å². The number of anilines is 2. The standard InChI is InChI=1S/C34H36FN7O3/c35-28-19-24(26-7-10-32(43)38-33(26)44)5-8-30(28)40-13-11-23(12-14-40)21-39-15-17-41(18-16-39)31-9-6-25(20-36-31)42-22-37-29-4-2-1-3-27(29)34(42)45/h1-6,8-9,19-20,22-23,26H,7,10-18,21H2,(H,38,43,44)/i1D. The van der Waals surface area contributed by atoms with E-state index in [1.165, 1.54) is 23.0 Å². The van der Waals surface area contributed by atoms with E-state index < -0.39 is 5.92 Å². The summed E-state index contributed by atoms with van der Waals surface area (Å²) in [5.41, 5.74) is 2.17. The largest absolute Gasteiger partial charge is 0.369 e. The van der Waals surface area contributed by atoms with Gasteiger partial charge in [0.05, 0.1) is 35.8 Å². The molecular formula is C34H36FN7O3. The molecule has 3 aliphatic heterocycles. The first-order valence-electron chi connectivity index (χ1n) is 16.1. The summed E-state index contributed by atoms with van der Waals surface area (Å²) in [7, 11) is 0. The van der Waals surface area contributed by atoms with Crippen LogP contribution < -0.4 is 20.7 Å². The fraction of sp³-hybridized carbons (Fsp3) is 0.382. The van der Waals surface area contributed by atoms with Gasteiger partial charge in [0.2, 0.25) is 11.8 Å². The average molecular weight is 611 g/mol. The van der Waals surface area contributed by atoms with E-state index in [1.54, 1.807) is 24.4 Å². The maximum absolute atomic E-state index is 15.2. The molecule has 0 saturated carbocycles. The van der Waals surface area contributed by atoms with Crippen LogP contribution in [-0.4, -0.2) is 77.1 Å². The molecule has 1 N–H and O–H groups in total. The summed E-state index contributed by atoms with van der Waals surface area (Å²) in [6.07, 6.45) is 5.86. The number of carbonyl (C=O) groups excluding carboxylic acids is 2. The van der Waals surface area contributed by atoms with Crippen LogP contribution in [0.4, 0.5) is 15.9 Å². The van der Waals surface area contributed by atoms with E-state index in [4.69, 9.17) is 1.37 Å². The quantitative estimate of drug-likeness (QED) is 0.331. The van der Waals surface area contributed by atoms with Crippen molar-refractivity contribution < 1.29 is 15.4 Å². The van der Waals surface area contributed by atoms with Crippen LogP contribution >= 0.6 is 0 Å². The Labute approximate surface area is 261 Å². The molecule has 10 nitrogen and oxygen atoms in total. The minimum Gasteiger partial charge on any atom is -0.369 e. The zero-order chi connectivity index (χ0) is 31.8. The lowest BCUT2D eigenvalue weighted by Gasteiger charge is -2.39. The molecule has 4 aromatic rings. The summed E-state index contributed by atoms with van der Waals surface area (Å²) >= 11 is 0. The summed E-state index contributed by atoms with van der Waals surface area (Å²) < 4.78 is 24.5. The van der Waals surface area contributed by atoms with Gasteiger partial charge in [0.1, 0.15) is 18.0 Å². The molecule has 0 aliphatic carbocycles. The highest BCUT2D eigenvalue weighted by atomic mass is 19.1. The Morgan fingerprint density at radius 3 is 2.47 bits per heavy atom. The Balaban J connectivity index is 0.899. The molecule has 3 fully saturated rings. The minimum atomic E-state index is -0.486. The molecule has 2 aromatic heterocycles. The summed E-state index contributed by atoms with van der Waals surface area (Å²) in [5, 5.41) is 2.76. The van der Waals surface area contributed by atoms with Gasteiger partial charge in [0, 0.05) is 52.2 Å². The number of para-hydroxylation sites is 1. The monoisotopic (exact) mass is 610 g/mol. The zero-order valence-corrected chi connectivity index (χ0v) is 25.0. The molecule has 3 aliphatic rings. The van der Waals surface area contributed by atoms with Crippen molar-refractivity contribution in [3.63, 3.8) is 0 Å². The molecule has 3 saturated heterocycles. The van der Waals surface area contributed by atoms with Crippen molar-refractivity contribution in [3.05, 3.63) is 88.8 Å². The minimum absolute atomic E-state index is 0.221. The Morgan fingerprint density at radius 2 is 1.73 bits per heavy atom. The lowest BCUT2D eigenvalue weighted by Crippen LogP contribution is -2.49. The molecule has 11 heteroatoms. The predicted molar refractivity (Wildman–Crippen MR) is 170 cm³/mol. The predicted octanol–water partition coefficient (Wildman–Crippen LogP) is 3.48. The third-order valence-corrected chi connectivity index (χ3v) is 9.39. The number of pyridine rings is 1. The number of nitrogens with one attached hydrogen (secondary N) is 1. The van der Waals surface area contributed by atoms with E-state index in [9.17, 15) is 14.4 Å². The van der Waals surface area contributed by atoms with Gasteiger partial charge < -0.3 is 9.80 Å². The lowest BCUT2D eigenvalue weighted by atomic mass is 9.90. The van der Waals surface area contributed by atoms with Crippen molar-refractivity contribution in [1.82, 2.24) is 24.8 Å². The first-order chi connectivity index (χ1) is 22.3. The van der Waals surface area contributed by atoms with Gasteiger partial charge in [-0.1, -0.05) is 18.2 Å². The van der Waals surface area contributed by atoms with E-state index in [0.717, 1.165) is 64.5 Å². The van der Waals surface area contributed by atoms with Crippen LogP contribution in [0.2, 0.25) is 0 Å². The first-order valence-corrected chi connectivity index (χ1v) is 15.6. The van der Waals surface area contributed by atoms with Gasteiger partial charge in [-0.05, 0) is 67.1 Å². The van der Waals surface area contributed by atoms with Gasteiger partial charge in [-0.25, -0.2) is 14.4 Å². The molecule has 7 rings (SSSR count). The zero-order valence-electron chi connectivity index (χ0n) is 26.0. The highest BCUT2D eigenvalue weighted by Crippen LogP contribution is 2.31. The number of imide groups is 1. The van der Waals surface area contributed by atoms with Crippen molar-refractivity contribution in [3.8, 4) is 5.69 Å². The Bertz CT molecular complexity index is 1830. The van der Waals surface area contributed by atoms with Gasteiger partial charge in [0.15, 0.2) is 0 Å². The fourth-order valence-electron chi connectivity index (χ4n) is 6.79. The number of piperidine rings is 2. The van der Waals surface area contributed by atoms with E-state index in [1.807, 2.05) is 18.2 Å². The third-order valence-electron chi connectivity index (χ3n) is 9.39. The van der Waals surface area contributed by atoms with Crippen LogP contribution in [-0.2, 0) is 9.59 Å². The number of benzene rings is 2. The van der Waals surface area contributed by atoms with Gasteiger partial charge in [0.25, 0.3) is 5.56 Å². The molecule has 5 heterocycles. The molecule has 2 aromatic carbocycles. The highest BCUT2D eigenvalue weighted by molar-refractivity contribution is 6.01. The Hall–Kier alpha value is -4.64. The van der Waals surface area contributed by atoms with Crippen LogP contribution in [0, 0.1) is 11.7 Å². The molecule has 45 heavy (non-hydrogen) atoms. The normalized spacial score (nSPS) is 20.4. The number of nitrogens with zero attached hydrogens (tertiary/aromatic N) is 6. The van der Waals surface area contributed by atoms with Gasteiger partial charge >= 0.3 is 0 Å². The second kappa shape index (κ2) is 12.4. The molecular weight excluding hydrogens is 573 g/mol. The second-order valence-corrected chi connectivity index (χ2v) is 12.2. The maximum Gasteiger partial charge on any atom is 0.265 e. The number of rotatable bonds is 6. The number of hydrogen-bond donors (Lipinski definition) is 1. The number of halogens is 1. The molecule has 0 radical (unpaired) electrons. The van der Waals surface area contributed by atoms with Crippen LogP contribution in [0.1, 0.15) is 38.5 Å². The average Bonchev–Trinajstić information content (AvgIpc) is 3.06. The molecule has 2 amide bonds. The number of hydrogen-bond acceptors (Lipinski definition) is 8. The molecule has 0 spiro atoms. The van der Waals surface area contributed by atoms with E-state index in [2.05, 4.69) is 30.0 Å².